The molecule has 0 saturated heterocycles. The fourth-order valence-corrected chi connectivity index (χ4v) is 1.76. The SMILES string of the molecule is O=C(c1ccncc1)c1ccc(S(=O)O)cc1.[NaH]. The number of rotatable bonds is 3. The Morgan fingerprint density at radius 3 is 2.00 bits per heavy atom. The Hall–Kier alpha value is -0.850. The molecule has 0 spiro atoms. The molecule has 1 atom stereocenters. The predicted molar refractivity (Wildman–Crippen MR) is 70.3 cm³/mol. The predicted octanol–water partition coefficient (Wildman–Crippen LogP) is 1.24. The molecule has 88 valence electrons. The molecule has 0 radical (unpaired) electrons. The van der Waals surface area contributed by atoms with E-state index in [0.717, 1.165) is 0 Å². The molecule has 2 aromatic rings. The third kappa shape index (κ3) is 3.57. The monoisotopic (exact) mass is 271 g/mol. The van der Waals surface area contributed by atoms with Crippen molar-refractivity contribution in [2.75, 3.05) is 0 Å². The number of ketones is 1. The Kier molecular flexibility index (Phi) is 5.84. The summed E-state index contributed by atoms with van der Waals surface area (Å²) in [7, 11) is 0. The van der Waals surface area contributed by atoms with E-state index in [0.29, 0.717) is 11.1 Å². The van der Waals surface area contributed by atoms with Crippen LogP contribution in [0, 0.1) is 0 Å². The van der Waals surface area contributed by atoms with E-state index in [1.165, 1.54) is 24.3 Å². The summed E-state index contributed by atoms with van der Waals surface area (Å²) < 4.78 is 19.6. The Morgan fingerprint density at radius 1 is 1.00 bits per heavy atom. The van der Waals surface area contributed by atoms with Gasteiger partial charge in [0.1, 0.15) is 0 Å². The second kappa shape index (κ2) is 6.92. The molecule has 1 aromatic heterocycles. The van der Waals surface area contributed by atoms with Gasteiger partial charge in [-0.05, 0) is 36.4 Å². The number of pyridine rings is 1. The molecule has 0 aliphatic rings. The van der Waals surface area contributed by atoms with Gasteiger partial charge < -0.3 is 4.55 Å². The Bertz CT molecular complexity index is 557. The second-order valence-corrected chi connectivity index (χ2v) is 4.31. The van der Waals surface area contributed by atoms with Crippen LogP contribution in [0.1, 0.15) is 15.9 Å². The molecule has 2 rings (SSSR count). The van der Waals surface area contributed by atoms with Gasteiger partial charge in [0.25, 0.3) is 0 Å². The van der Waals surface area contributed by atoms with Crippen molar-refractivity contribution in [2.24, 2.45) is 0 Å². The summed E-state index contributed by atoms with van der Waals surface area (Å²) in [6.45, 7) is 0. The van der Waals surface area contributed by atoms with Crippen molar-refractivity contribution in [3.8, 4) is 0 Å². The number of hydrogen-bond donors (Lipinski definition) is 1. The van der Waals surface area contributed by atoms with E-state index in [2.05, 4.69) is 4.98 Å². The van der Waals surface area contributed by atoms with Crippen LogP contribution in [-0.4, -0.2) is 49.1 Å². The molecule has 0 fully saturated rings. The van der Waals surface area contributed by atoms with Gasteiger partial charge in [0.05, 0.1) is 4.90 Å². The summed E-state index contributed by atoms with van der Waals surface area (Å²) in [5.74, 6) is -0.136. The van der Waals surface area contributed by atoms with Gasteiger partial charge in [0.2, 0.25) is 0 Å². The Balaban J connectivity index is 0.00000162. The van der Waals surface area contributed by atoms with Gasteiger partial charge in [0, 0.05) is 23.5 Å². The zero-order chi connectivity index (χ0) is 12.3. The maximum absolute atomic E-state index is 12.0. The van der Waals surface area contributed by atoms with Crippen LogP contribution >= 0.6 is 0 Å². The zero-order valence-electron chi connectivity index (χ0n) is 8.74. The summed E-state index contributed by atoms with van der Waals surface area (Å²) >= 11 is -2.02. The standard InChI is InChI=1S/C12H9NO3S.Na.H/c14-12(10-5-7-13-8-6-10)9-1-3-11(4-2-9)17(15)16;;/h1-8H,(H,15,16);;. The van der Waals surface area contributed by atoms with E-state index in [1.807, 2.05) is 0 Å². The number of nitrogens with zero attached hydrogens (tertiary/aromatic N) is 1. The van der Waals surface area contributed by atoms with Gasteiger partial charge in [-0.1, -0.05) is 0 Å². The summed E-state index contributed by atoms with van der Waals surface area (Å²) in [5, 5.41) is 0. The average molecular weight is 271 g/mol. The first-order chi connectivity index (χ1) is 8.18. The van der Waals surface area contributed by atoms with Gasteiger partial charge in [-0.25, -0.2) is 4.21 Å². The number of carbonyl (C=O) groups excluding carboxylic acids is 1. The van der Waals surface area contributed by atoms with Gasteiger partial charge in [0.15, 0.2) is 16.9 Å². The number of hydrogen-bond acceptors (Lipinski definition) is 3. The van der Waals surface area contributed by atoms with E-state index in [-0.39, 0.29) is 40.2 Å². The first-order valence-corrected chi connectivity index (χ1v) is 5.95. The van der Waals surface area contributed by atoms with Crippen LogP contribution in [-0.2, 0) is 11.1 Å². The minimum absolute atomic E-state index is 0. The molecular weight excluding hydrogens is 261 g/mol. The van der Waals surface area contributed by atoms with E-state index < -0.39 is 11.1 Å². The number of carbonyl (C=O) groups is 1. The van der Waals surface area contributed by atoms with Crippen LogP contribution < -0.4 is 0 Å². The molecule has 1 heterocycles. The summed E-state index contributed by atoms with van der Waals surface area (Å²) in [5.41, 5.74) is 1.02. The van der Waals surface area contributed by atoms with Crippen LogP contribution in [0.15, 0.2) is 53.7 Å². The zero-order valence-corrected chi connectivity index (χ0v) is 9.55. The van der Waals surface area contributed by atoms with E-state index >= 15 is 0 Å². The molecule has 1 aromatic carbocycles. The van der Waals surface area contributed by atoms with E-state index in [4.69, 9.17) is 4.55 Å². The normalized spacial score (nSPS) is 11.4. The molecule has 0 aliphatic carbocycles. The second-order valence-electron chi connectivity index (χ2n) is 3.34. The van der Waals surface area contributed by atoms with Crippen LogP contribution in [0.2, 0.25) is 0 Å². The van der Waals surface area contributed by atoms with Crippen molar-refractivity contribution in [2.45, 2.75) is 4.90 Å². The Labute approximate surface area is 129 Å². The first-order valence-electron chi connectivity index (χ1n) is 4.84. The molecular formula is C12H10NNaO3S. The molecule has 1 N–H and O–H groups in total. The summed E-state index contributed by atoms with van der Waals surface area (Å²) in [6, 6.07) is 9.24. The van der Waals surface area contributed by atoms with Crippen molar-refractivity contribution in [3.05, 3.63) is 59.9 Å². The van der Waals surface area contributed by atoms with Crippen LogP contribution in [0.3, 0.4) is 0 Å². The van der Waals surface area contributed by atoms with Crippen molar-refractivity contribution >= 4 is 46.4 Å². The quantitative estimate of drug-likeness (QED) is 0.518. The van der Waals surface area contributed by atoms with E-state index in [9.17, 15) is 9.00 Å². The van der Waals surface area contributed by atoms with Gasteiger partial charge in [-0.3, -0.25) is 9.78 Å². The molecule has 0 amide bonds. The molecule has 6 heteroatoms. The van der Waals surface area contributed by atoms with Gasteiger partial charge in [-0.15, -0.1) is 0 Å². The molecule has 0 aliphatic heterocycles. The third-order valence-corrected chi connectivity index (χ3v) is 2.94. The van der Waals surface area contributed by atoms with E-state index in [1.54, 1.807) is 24.5 Å². The molecule has 1 unspecified atom stereocenters. The first kappa shape index (κ1) is 15.2. The Morgan fingerprint density at radius 2 is 1.50 bits per heavy atom. The molecule has 0 bridgehead atoms. The van der Waals surface area contributed by atoms with Gasteiger partial charge >= 0.3 is 29.6 Å². The molecule has 18 heavy (non-hydrogen) atoms. The number of benzene rings is 1. The van der Waals surface area contributed by atoms with Crippen molar-refractivity contribution in [3.63, 3.8) is 0 Å². The fourth-order valence-electron chi connectivity index (χ4n) is 1.39. The van der Waals surface area contributed by atoms with Crippen LogP contribution in [0.4, 0.5) is 0 Å². The molecule has 4 nitrogen and oxygen atoms in total. The topological polar surface area (TPSA) is 67.3 Å². The van der Waals surface area contributed by atoms with Gasteiger partial charge in [-0.2, -0.15) is 0 Å². The van der Waals surface area contributed by atoms with Crippen molar-refractivity contribution in [1.82, 2.24) is 4.98 Å². The summed E-state index contributed by atoms with van der Waals surface area (Å²) in [6.07, 6.45) is 3.09. The third-order valence-electron chi connectivity index (χ3n) is 2.26. The summed E-state index contributed by atoms with van der Waals surface area (Å²) in [4.78, 5) is 16.1. The van der Waals surface area contributed by atoms with Crippen molar-refractivity contribution < 1.29 is 13.6 Å². The fraction of sp³-hybridized carbons (Fsp3) is 0. The minimum atomic E-state index is -2.02. The average Bonchev–Trinajstić information content (AvgIpc) is 2.39. The van der Waals surface area contributed by atoms with Crippen LogP contribution in [0.5, 0.6) is 0 Å². The molecule has 0 saturated carbocycles. The van der Waals surface area contributed by atoms with Crippen molar-refractivity contribution in [1.29, 1.82) is 0 Å². The maximum atomic E-state index is 12.0. The van der Waals surface area contributed by atoms with Crippen LogP contribution in [0.25, 0.3) is 0 Å². The number of aromatic nitrogens is 1.